The first-order valence-corrected chi connectivity index (χ1v) is 16.5. The Morgan fingerprint density at radius 1 is 0.769 bits per heavy atom. The number of hydrogen-bond donors (Lipinski definition) is 3. The molecule has 0 spiro atoms. The average Bonchev–Trinajstić information content (AvgIpc) is 2.93. The Hall–Kier alpha value is -2.14. The lowest BCUT2D eigenvalue weighted by molar-refractivity contribution is 0.125. The molecular weight excluding hydrogens is 509 g/mol. The Labute approximate surface area is 237 Å². The number of rotatable bonds is 17. The number of unbranched alkanes of at least 4 members (excludes halogenated alkanes) is 6. The minimum Gasteiger partial charge on any atom is -0.445 e. The van der Waals surface area contributed by atoms with Crippen molar-refractivity contribution in [3.63, 3.8) is 0 Å². The molecule has 7 heteroatoms. The molecule has 0 bridgehead atoms. The van der Waals surface area contributed by atoms with Crippen molar-refractivity contribution >= 4 is 13.7 Å². The molecule has 0 heterocycles. The maximum atomic E-state index is 12.5. The van der Waals surface area contributed by atoms with Gasteiger partial charge in [0.15, 0.2) is 0 Å². The van der Waals surface area contributed by atoms with Gasteiger partial charge in [-0.15, -0.1) is 0 Å². The third-order valence-corrected chi connectivity index (χ3v) is 7.69. The summed E-state index contributed by atoms with van der Waals surface area (Å²) in [7, 11) is -4.18. The van der Waals surface area contributed by atoms with Gasteiger partial charge in [-0.2, -0.15) is 0 Å². The van der Waals surface area contributed by atoms with E-state index in [1.165, 1.54) is 56.9 Å². The largest absolute Gasteiger partial charge is 0.445 e. The Balaban J connectivity index is 0.00000177. The number of alkyl carbamates (subject to hydrolysis) is 1. The topological polar surface area (TPSA) is 95.9 Å². The number of benzene rings is 2. The van der Waals surface area contributed by atoms with Crippen LogP contribution in [0.4, 0.5) is 4.79 Å². The normalized spacial score (nSPS) is 12.7. The van der Waals surface area contributed by atoms with Crippen LogP contribution in [0.5, 0.6) is 0 Å². The highest BCUT2D eigenvalue weighted by molar-refractivity contribution is 7.51. The fourth-order valence-corrected chi connectivity index (χ4v) is 4.84. The van der Waals surface area contributed by atoms with Crippen LogP contribution in [0, 0.1) is 0 Å². The van der Waals surface area contributed by atoms with E-state index in [2.05, 4.69) is 50.4 Å². The number of aryl methyl sites for hydroxylation is 2. The number of nitrogens with one attached hydrogen (secondary N) is 1. The summed E-state index contributed by atoms with van der Waals surface area (Å²) >= 11 is 0. The summed E-state index contributed by atoms with van der Waals surface area (Å²) in [5.41, 5.74) is 2.54. The van der Waals surface area contributed by atoms with E-state index in [9.17, 15) is 19.1 Å². The van der Waals surface area contributed by atoms with E-state index < -0.39 is 19.2 Å². The monoisotopic (exact) mass is 561 g/mol. The van der Waals surface area contributed by atoms with Gasteiger partial charge in [-0.25, -0.2) is 4.79 Å². The molecule has 6 nitrogen and oxygen atoms in total. The molecule has 1 unspecified atom stereocenters. The molecule has 220 valence electrons. The first kappa shape index (κ1) is 34.9. The SMILES string of the molecule is CCCC.CCCCCCCCc1ccc(CCC(C)(CCP(=O)(O)O)NC(=O)OCc2ccccc2)cc1. The fourth-order valence-electron chi connectivity index (χ4n) is 4.05. The molecule has 2 rings (SSSR count). The molecule has 0 aliphatic rings. The molecule has 0 aromatic heterocycles. The Kier molecular flexibility index (Phi) is 17.8. The molecule has 0 radical (unpaired) electrons. The smallest absolute Gasteiger partial charge is 0.407 e. The van der Waals surface area contributed by atoms with Crippen LogP contribution in [0.1, 0.15) is 109 Å². The summed E-state index contributed by atoms with van der Waals surface area (Å²) in [5, 5.41) is 2.86. The first-order valence-electron chi connectivity index (χ1n) is 14.7. The zero-order valence-corrected chi connectivity index (χ0v) is 25.6. The minimum absolute atomic E-state index is 0.140. The van der Waals surface area contributed by atoms with Crippen molar-refractivity contribution in [3.8, 4) is 0 Å². The molecule has 2 aromatic rings. The van der Waals surface area contributed by atoms with E-state index in [-0.39, 0.29) is 19.2 Å². The molecule has 0 saturated heterocycles. The zero-order valence-electron chi connectivity index (χ0n) is 24.7. The lowest BCUT2D eigenvalue weighted by Crippen LogP contribution is -2.47. The third-order valence-electron chi connectivity index (χ3n) is 6.88. The van der Waals surface area contributed by atoms with Gasteiger partial charge in [-0.1, -0.05) is 120 Å². The highest BCUT2D eigenvalue weighted by atomic mass is 31.2. The van der Waals surface area contributed by atoms with E-state index in [4.69, 9.17) is 4.74 Å². The van der Waals surface area contributed by atoms with E-state index in [1.54, 1.807) is 0 Å². The summed E-state index contributed by atoms with van der Waals surface area (Å²) in [5.74, 6) is 0. The predicted octanol–water partition coefficient (Wildman–Crippen LogP) is 8.58. The molecular formula is C32H52NO5P. The maximum Gasteiger partial charge on any atom is 0.407 e. The van der Waals surface area contributed by atoms with Gasteiger partial charge in [0.1, 0.15) is 6.61 Å². The summed E-state index contributed by atoms with van der Waals surface area (Å²) in [6.45, 7) is 8.55. The molecule has 0 aliphatic carbocycles. The molecule has 3 N–H and O–H groups in total. The molecule has 1 atom stereocenters. The number of amides is 1. The standard InChI is InChI=1S/C28H42NO5P.C4H10/c1-3-4-5-6-7-9-12-24-15-17-25(18-16-24)19-20-28(2,21-22-35(31,32)33)29-27(30)34-23-26-13-10-8-11-14-26;1-3-4-2/h8,10-11,13-18H,3-7,9,12,19-23H2,1-2H3,(H,29,30)(H2,31,32,33);3-4H2,1-2H3. The van der Waals surface area contributed by atoms with Crippen LogP contribution in [0.3, 0.4) is 0 Å². The van der Waals surface area contributed by atoms with E-state index in [0.717, 1.165) is 17.5 Å². The quantitative estimate of drug-likeness (QED) is 0.133. The zero-order chi connectivity index (χ0) is 29.0. The van der Waals surface area contributed by atoms with Crippen molar-refractivity contribution in [2.24, 2.45) is 0 Å². The summed E-state index contributed by atoms with van der Waals surface area (Å²) in [4.78, 5) is 31.2. The second kappa shape index (κ2) is 19.8. The second-order valence-electron chi connectivity index (χ2n) is 10.7. The van der Waals surface area contributed by atoms with Gasteiger partial charge in [-0.05, 0) is 55.7 Å². The molecule has 0 saturated carbocycles. The lowest BCUT2D eigenvalue weighted by atomic mass is 9.90. The Morgan fingerprint density at radius 3 is 1.90 bits per heavy atom. The van der Waals surface area contributed by atoms with Crippen molar-refractivity contribution in [2.75, 3.05) is 6.16 Å². The Morgan fingerprint density at radius 2 is 1.33 bits per heavy atom. The molecule has 2 aromatic carbocycles. The Bertz CT molecular complexity index is 943. The summed E-state index contributed by atoms with van der Waals surface area (Å²) in [6, 6.07) is 17.9. The highest BCUT2D eigenvalue weighted by Crippen LogP contribution is 2.37. The summed E-state index contributed by atoms with van der Waals surface area (Å²) < 4.78 is 16.8. The lowest BCUT2D eigenvalue weighted by Gasteiger charge is -2.31. The molecule has 39 heavy (non-hydrogen) atoms. The first-order chi connectivity index (χ1) is 18.6. The van der Waals surface area contributed by atoms with Gasteiger partial charge >= 0.3 is 13.7 Å². The van der Waals surface area contributed by atoms with Crippen LogP contribution in [-0.2, 0) is 28.8 Å². The van der Waals surface area contributed by atoms with Gasteiger partial charge < -0.3 is 19.8 Å². The van der Waals surface area contributed by atoms with E-state index >= 15 is 0 Å². The van der Waals surface area contributed by atoms with Crippen molar-refractivity contribution in [2.45, 2.75) is 117 Å². The summed E-state index contributed by atoms with van der Waals surface area (Å²) in [6.07, 6.45) is 11.9. The van der Waals surface area contributed by atoms with Crippen LogP contribution in [0.25, 0.3) is 0 Å². The van der Waals surface area contributed by atoms with Crippen molar-refractivity contribution in [1.29, 1.82) is 0 Å². The van der Waals surface area contributed by atoms with Crippen molar-refractivity contribution < 1.29 is 23.9 Å². The number of hydrogen-bond acceptors (Lipinski definition) is 3. The molecule has 1 amide bonds. The number of carbonyl (C=O) groups is 1. The third kappa shape index (κ3) is 17.9. The second-order valence-corrected chi connectivity index (χ2v) is 12.5. The maximum absolute atomic E-state index is 12.5. The van der Waals surface area contributed by atoms with Gasteiger partial charge in [0.05, 0.1) is 6.16 Å². The fraction of sp³-hybridized carbons (Fsp3) is 0.594. The minimum atomic E-state index is -4.18. The van der Waals surface area contributed by atoms with Gasteiger partial charge in [0.2, 0.25) is 0 Å². The number of carbonyl (C=O) groups excluding carboxylic acids is 1. The van der Waals surface area contributed by atoms with Crippen LogP contribution in [-0.4, -0.2) is 27.6 Å². The highest BCUT2D eigenvalue weighted by Gasteiger charge is 2.30. The molecule has 0 aliphatic heterocycles. The number of ether oxygens (including phenoxy) is 1. The van der Waals surface area contributed by atoms with Crippen LogP contribution >= 0.6 is 7.60 Å². The predicted molar refractivity (Wildman–Crippen MR) is 162 cm³/mol. The van der Waals surface area contributed by atoms with E-state index in [0.29, 0.717) is 12.8 Å². The van der Waals surface area contributed by atoms with Crippen LogP contribution in [0.15, 0.2) is 54.6 Å². The van der Waals surface area contributed by atoms with Crippen molar-refractivity contribution in [3.05, 3.63) is 71.3 Å². The van der Waals surface area contributed by atoms with Crippen molar-refractivity contribution in [1.82, 2.24) is 5.32 Å². The van der Waals surface area contributed by atoms with Gasteiger partial charge in [0.25, 0.3) is 0 Å². The van der Waals surface area contributed by atoms with Gasteiger partial charge in [-0.3, -0.25) is 4.57 Å². The molecule has 0 fully saturated rings. The van der Waals surface area contributed by atoms with Crippen LogP contribution < -0.4 is 5.32 Å². The van der Waals surface area contributed by atoms with Gasteiger partial charge in [0, 0.05) is 5.54 Å². The van der Waals surface area contributed by atoms with E-state index in [1.807, 2.05) is 37.3 Å². The average molecular weight is 562 g/mol. The van der Waals surface area contributed by atoms with Crippen LogP contribution in [0.2, 0.25) is 0 Å².